The minimum Gasteiger partial charge on any atom is -0.370 e. The summed E-state index contributed by atoms with van der Waals surface area (Å²) in [4.78, 5) is 13.7. The van der Waals surface area contributed by atoms with Gasteiger partial charge in [0, 0.05) is 12.6 Å². The number of nitrogens with zero attached hydrogens (tertiary/aromatic N) is 1. The van der Waals surface area contributed by atoms with Crippen molar-refractivity contribution < 1.29 is 13.9 Å². The average molecular weight is 263 g/mol. The predicted octanol–water partition coefficient (Wildman–Crippen LogP) is 2.69. The van der Waals surface area contributed by atoms with Crippen LogP contribution >= 0.6 is 0 Å². The number of rotatable bonds is 2. The number of allylic oxidation sites excluding steroid dienone is 1. The van der Waals surface area contributed by atoms with E-state index in [4.69, 9.17) is 4.74 Å². The predicted molar refractivity (Wildman–Crippen MR) is 71.1 cm³/mol. The smallest absolute Gasteiger partial charge is 0.246 e. The van der Waals surface area contributed by atoms with Crippen LogP contribution in [0.1, 0.15) is 25.5 Å². The average Bonchev–Trinajstić information content (AvgIpc) is 2.39. The van der Waals surface area contributed by atoms with Gasteiger partial charge in [-0.05, 0) is 31.5 Å². The summed E-state index contributed by atoms with van der Waals surface area (Å²) in [5, 5.41) is 0. The quantitative estimate of drug-likeness (QED) is 0.768. The van der Waals surface area contributed by atoms with E-state index >= 15 is 0 Å². The lowest BCUT2D eigenvalue weighted by atomic mass is 10.1. The molecule has 1 atom stereocenters. The summed E-state index contributed by atoms with van der Waals surface area (Å²) in [6.45, 7) is 5.41. The van der Waals surface area contributed by atoms with E-state index in [9.17, 15) is 9.18 Å². The van der Waals surface area contributed by atoms with Gasteiger partial charge in [0.25, 0.3) is 0 Å². The minimum atomic E-state index is -0.267. The van der Waals surface area contributed by atoms with Gasteiger partial charge in [-0.3, -0.25) is 4.79 Å². The van der Waals surface area contributed by atoms with Gasteiger partial charge in [-0.2, -0.15) is 0 Å². The van der Waals surface area contributed by atoms with Crippen LogP contribution in [0.15, 0.2) is 35.9 Å². The summed E-state index contributed by atoms with van der Waals surface area (Å²) in [6.07, 6.45) is 1.46. The molecule has 1 aliphatic rings. The lowest BCUT2D eigenvalue weighted by molar-refractivity contribution is -0.133. The van der Waals surface area contributed by atoms with Gasteiger partial charge in [-0.25, -0.2) is 4.39 Å². The van der Waals surface area contributed by atoms with E-state index in [0.29, 0.717) is 19.7 Å². The number of carbonyl (C=O) groups is 1. The van der Waals surface area contributed by atoms with Crippen LogP contribution in [0.3, 0.4) is 0 Å². The van der Waals surface area contributed by atoms with Gasteiger partial charge in [0.05, 0.1) is 13.2 Å². The third-order valence-corrected chi connectivity index (χ3v) is 3.03. The second-order valence-corrected chi connectivity index (χ2v) is 4.92. The third-order valence-electron chi connectivity index (χ3n) is 3.03. The number of ether oxygens (including phenoxy) is 1. The molecule has 0 saturated carbocycles. The first kappa shape index (κ1) is 13.7. The number of hydrogen-bond acceptors (Lipinski definition) is 2. The Morgan fingerprint density at radius 2 is 2.05 bits per heavy atom. The number of hydrogen-bond donors (Lipinski definition) is 0. The van der Waals surface area contributed by atoms with E-state index in [-0.39, 0.29) is 17.8 Å². The number of morpholine rings is 1. The Morgan fingerprint density at radius 1 is 1.37 bits per heavy atom. The molecule has 1 aromatic carbocycles. The van der Waals surface area contributed by atoms with Gasteiger partial charge in [0.2, 0.25) is 5.91 Å². The maximum atomic E-state index is 12.9. The van der Waals surface area contributed by atoms with Gasteiger partial charge >= 0.3 is 0 Å². The van der Waals surface area contributed by atoms with E-state index in [0.717, 1.165) is 11.1 Å². The van der Waals surface area contributed by atoms with Crippen LogP contribution in [-0.2, 0) is 9.53 Å². The van der Waals surface area contributed by atoms with Gasteiger partial charge < -0.3 is 9.64 Å². The van der Waals surface area contributed by atoms with Gasteiger partial charge in [-0.15, -0.1) is 0 Å². The zero-order chi connectivity index (χ0) is 13.8. The molecule has 4 heteroatoms. The molecule has 0 aromatic heterocycles. The molecule has 2 rings (SSSR count). The largest absolute Gasteiger partial charge is 0.370 e. The number of amides is 1. The van der Waals surface area contributed by atoms with Crippen LogP contribution in [0, 0.1) is 5.82 Å². The van der Waals surface area contributed by atoms with Crippen molar-refractivity contribution in [1.82, 2.24) is 4.90 Å². The van der Waals surface area contributed by atoms with Crippen LogP contribution < -0.4 is 0 Å². The number of benzene rings is 1. The van der Waals surface area contributed by atoms with E-state index < -0.39 is 0 Å². The van der Waals surface area contributed by atoms with Crippen LogP contribution in [0.25, 0.3) is 0 Å². The lowest BCUT2D eigenvalue weighted by Gasteiger charge is -2.32. The fraction of sp³-hybridized carbons (Fsp3) is 0.400. The van der Waals surface area contributed by atoms with Crippen LogP contribution in [0.2, 0.25) is 0 Å². The van der Waals surface area contributed by atoms with E-state index in [1.807, 2.05) is 13.8 Å². The van der Waals surface area contributed by atoms with E-state index in [1.165, 1.54) is 12.1 Å². The molecule has 0 aliphatic carbocycles. The molecule has 1 fully saturated rings. The van der Waals surface area contributed by atoms with Crippen LogP contribution in [-0.4, -0.2) is 30.5 Å². The highest BCUT2D eigenvalue weighted by atomic mass is 19.1. The van der Waals surface area contributed by atoms with Gasteiger partial charge in [0.15, 0.2) is 0 Å². The fourth-order valence-electron chi connectivity index (χ4n) is 2.07. The van der Waals surface area contributed by atoms with Crippen molar-refractivity contribution in [3.63, 3.8) is 0 Å². The first-order chi connectivity index (χ1) is 9.06. The van der Waals surface area contributed by atoms with E-state index in [1.54, 1.807) is 23.1 Å². The molecule has 1 saturated heterocycles. The van der Waals surface area contributed by atoms with Crippen LogP contribution in [0.5, 0.6) is 0 Å². The summed E-state index contributed by atoms with van der Waals surface area (Å²) in [5.74, 6) is -0.257. The second kappa shape index (κ2) is 5.97. The highest BCUT2D eigenvalue weighted by Crippen LogP contribution is 2.22. The van der Waals surface area contributed by atoms with Crippen molar-refractivity contribution in [2.45, 2.75) is 20.0 Å². The minimum absolute atomic E-state index is 0.00964. The normalized spacial score (nSPS) is 19.1. The summed E-state index contributed by atoms with van der Waals surface area (Å²) >= 11 is 0. The Labute approximate surface area is 112 Å². The van der Waals surface area contributed by atoms with Crippen molar-refractivity contribution in [3.8, 4) is 0 Å². The molecule has 0 N–H and O–H groups in total. The lowest BCUT2D eigenvalue weighted by Crippen LogP contribution is -2.41. The zero-order valence-corrected chi connectivity index (χ0v) is 11.2. The third kappa shape index (κ3) is 3.64. The molecule has 3 nitrogen and oxygen atoms in total. The fourth-order valence-corrected chi connectivity index (χ4v) is 2.07. The van der Waals surface area contributed by atoms with Gasteiger partial charge in [0.1, 0.15) is 11.9 Å². The molecule has 1 unspecified atom stereocenters. The molecular weight excluding hydrogens is 245 g/mol. The highest BCUT2D eigenvalue weighted by Gasteiger charge is 2.24. The maximum absolute atomic E-state index is 12.9. The molecule has 0 bridgehead atoms. The van der Waals surface area contributed by atoms with Crippen molar-refractivity contribution in [1.29, 1.82) is 0 Å². The molecule has 1 amide bonds. The molecule has 1 aliphatic heterocycles. The molecule has 19 heavy (non-hydrogen) atoms. The Kier molecular flexibility index (Phi) is 4.32. The summed E-state index contributed by atoms with van der Waals surface area (Å²) in [7, 11) is 0. The maximum Gasteiger partial charge on any atom is 0.246 e. The number of halogens is 1. The van der Waals surface area contributed by atoms with Crippen molar-refractivity contribution in [2.75, 3.05) is 19.7 Å². The van der Waals surface area contributed by atoms with Crippen molar-refractivity contribution in [3.05, 3.63) is 47.3 Å². The first-order valence-corrected chi connectivity index (χ1v) is 6.37. The number of carbonyl (C=O) groups excluding carboxylic acids is 1. The Bertz CT molecular complexity index is 477. The highest BCUT2D eigenvalue weighted by molar-refractivity contribution is 5.88. The molecule has 0 spiro atoms. The molecule has 1 aromatic rings. The summed E-state index contributed by atoms with van der Waals surface area (Å²) in [5.41, 5.74) is 1.88. The Balaban J connectivity index is 2.07. The SMILES string of the molecule is CC(C)=CC(=O)N1CCOC(c2ccc(F)cc2)C1. The monoisotopic (exact) mass is 263 g/mol. The molecule has 102 valence electrons. The van der Waals surface area contributed by atoms with Crippen LogP contribution in [0.4, 0.5) is 4.39 Å². The molecular formula is C15H18FNO2. The standard InChI is InChI=1S/C15H18FNO2/c1-11(2)9-15(18)17-7-8-19-14(10-17)12-3-5-13(16)6-4-12/h3-6,9,14H,7-8,10H2,1-2H3. The van der Waals surface area contributed by atoms with E-state index in [2.05, 4.69) is 0 Å². The zero-order valence-electron chi connectivity index (χ0n) is 11.2. The second-order valence-electron chi connectivity index (χ2n) is 4.92. The molecule has 1 heterocycles. The Morgan fingerprint density at radius 3 is 2.68 bits per heavy atom. The first-order valence-electron chi connectivity index (χ1n) is 6.37. The topological polar surface area (TPSA) is 29.5 Å². The summed E-state index contributed by atoms with van der Waals surface area (Å²) < 4.78 is 18.5. The Hall–Kier alpha value is -1.68. The summed E-state index contributed by atoms with van der Waals surface area (Å²) in [6, 6.07) is 6.23. The van der Waals surface area contributed by atoms with Crippen molar-refractivity contribution in [2.24, 2.45) is 0 Å². The van der Waals surface area contributed by atoms with Crippen molar-refractivity contribution >= 4 is 5.91 Å². The van der Waals surface area contributed by atoms with Gasteiger partial charge in [-0.1, -0.05) is 17.7 Å². The molecule has 0 radical (unpaired) electrons.